The Morgan fingerprint density at radius 2 is 1.36 bits per heavy atom. The molecular weight excluding hydrogens is 416 g/mol. The van der Waals surface area contributed by atoms with Crippen molar-refractivity contribution in [1.29, 1.82) is 0 Å². The molecule has 0 aromatic heterocycles. The number of carbonyl (C=O) groups excluding carboxylic acids is 3. The number of nitrogens with one attached hydrogen (secondary N) is 2. The van der Waals surface area contributed by atoms with E-state index in [1.807, 2.05) is 24.3 Å². The van der Waals surface area contributed by atoms with Crippen molar-refractivity contribution in [3.8, 4) is 0 Å². The van der Waals surface area contributed by atoms with E-state index in [1.54, 1.807) is 57.2 Å². The molecule has 1 aliphatic carbocycles. The molecule has 0 saturated heterocycles. The number of ether oxygens (including phenoxy) is 1. The molecule has 176 valence electrons. The fraction of sp³-hybridized carbons (Fsp3) is 0.444. The Hall–Kier alpha value is -3.15. The van der Waals surface area contributed by atoms with E-state index in [0.717, 1.165) is 25.7 Å². The van der Waals surface area contributed by atoms with E-state index in [2.05, 4.69) is 10.6 Å². The van der Waals surface area contributed by atoms with Crippen LogP contribution in [0.25, 0.3) is 0 Å². The summed E-state index contributed by atoms with van der Waals surface area (Å²) in [5.41, 5.74) is 0.568. The predicted molar refractivity (Wildman–Crippen MR) is 127 cm³/mol. The molecule has 2 N–H and O–H groups in total. The smallest absolute Gasteiger partial charge is 0.333 e. The molecule has 0 unspecified atom stereocenters. The maximum Gasteiger partial charge on any atom is 0.333 e. The zero-order valence-corrected chi connectivity index (χ0v) is 19.7. The highest BCUT2D eigenvalue weighted by Gasteiger charge is 2.32. The summed E-state index contributed by atoms with van der Waals surface area (Å²) in [5, 5.41) is 5.73. The van der Waals surface area contributed by atoms with Gasteiger partial charge in [0, 0.05) is 6.42 Å². The van der Waals surface area contributed by atoms with Gasteiger partial charge in [0.05, 0.1) is 0 Å². The molecule has 0 radical (unpaired) electrons. The van der Waals surface area contributed by atoms with Gasteiger partial charge in [-0.05, 0) is 50.7 Å². The monoisotopic (exact) mass is 450 g/mol. The topological polar surface area (TPSA) is 84.5 Å². The van der Waals surface area contributed by atoms with Gasteiger partial charge < -0.3 is 15.4 Å². The summed E-state index contributed by atoms with van der Waals surface area (Å²) in [6.45, 7) is 5.35. The Balaban J connectivity index is 1.81. The highest BCUT2D eigenvalue weighted by molar-refractivity contribution is 5.92. The lowest BCUT2D eigenvalue weighted by Gasteiger charge is -2.27. The van der Waals surface area contributed by atoms with Gasteiger partial charge in [-0.25, -0.2) is 4.79 Å². The van der Waals surface area contributed by atoms with E-state index >= 15 is 0 Å². The summed E-state index contributed by atoms with van der Waals surface area (Å²) < 4.78 is 5.57. The molecule has 1 aliphatic rings. The summed E-state index contributed by atoms with van der Waals surface area (Å²) in [6, 6.07) is 16.2. The zero-order valence-electron chi connectivity index (χ0n) is 19.7. The van der Waals surface area contributed by atoms with Gasteiger partial charge in [-0.2, -0.15) is 0 Å². The number of esters is 1. The van der Waals surface area contributed by atoms with Crippen molar-refractivity contribution in [2.24, 2.45) is 5.92 Å². The van der Waals surface area contributed by atoms with Crippen LogP contribution in [0.4, 0.5) is 0 Å². The first-order valence-electron chi connectivity index (χ1n) is 11.7. The zero-order chi connectivity index (χ0) is 23.8. The van der Waals surface area contributed by atoms with Crippen LogP contribution in [0.5, 0.6) is 0 Å². The molecular formula is C27H34N2O4. The van der Waals surface area contributed by atoms with Crippen molar-refractivity contribution in [2.75, 3.05) is 0 Å². The Kier molecular flexibility index (Phi) is 8.26. The molecule has 33 heavy (non-hydrogen) atoms. The van der Waals surface area contributed by atoms with E-state index in [-0.39, 0.29) is 5.91 Å². The van der Waals surface area contributed by atoms with Gasteiger partial charge in [-0.3, -0.25) is 9.59 Å². The second-order valence-electron chi connectivity index (χ2n) is 9.65. The lowest BCUT2D eigenvalue weighted by molar-refractivity contribution is -0.159. The number of amides is 2. The van der Waals surface area contributed by atoms with Gasteiger partial charge in [0.1, 0.15) is 11.6 Å². The third-order valence-electron chi connectivity index (χ3n) is 5.71. The molecule has 2 aromatic carbocycles. The SMILES string of the molecule is CC(C)(C)OC(=O)[C@@H](NC(=O)[C@@H](NC(=O)CC1CCCC1)c1ccccc1)c1ccccc1. The maximum atomic E-state index is 13.4. The van der Waals surface area contributed by atoms with Crippen LogP contribution >= 0.6 is 0 Å². The molecule has 3 rings (SSSR count). The van der Waals surface area contributed by atoms with Crippen LogP contribution in [-0.4, -0.2) is 23.4 Å². The van der Waals surface area contributed by atoms with Gasteiger partial charge >= 0.3 is 5.97 Å². The summed E-state index contributed by atoms with van der Waals surface area (Å²) >= 11 is 0. The standard InChI is InChI=1S/C27H34N2O4/c1-27(2,3)33-26(32)24(21-16-8-5-9-17-21)29-25(31)23(20-14-6-4-7-15-20)28-22(30)18-19-12-10-11-13-19/h4-9,14-17,19,23-24H,10-13,18H2,1-3H3,(H,28,30)(H,29,31)/t23-,24-/m0/s1. The van der Waals surface area contributed by atoms with Crippen molar-refractivity contribution in [2.45, 2.75) is 70.6 Å². The first-order chi connectivity index (χ1) is 15.7. The van der Waals surface area contributed by atoms with E-state index in [1.165, 1.54) is 0 Å². The van der Waals surface area contributed by atoms with Gasteiger partial charge in [0.25, 0.3) is 0 Å². The van der Waals surface area contributed by atoms with Crippen molar-refractivity contribution < 1.29 is 19.1 Å². The minimum atomic E-state index is -0.990. The number of rotatable bonds is 8. The van der Waals surface area contributed by atoms with E-state index in [0.29, 0.717) is 23.5 Å². The van der Waals surface area contributed by atoms with Crippen LogP contribution in [0.15, 0.2) is 60.7 Å². The summed E-state index contributed by atoms with van der Waals surface area (Å²) in [7, 11) is 0. The van der Waals surface area contributed by atoms with Crippen molar-refractivity contribution in [3.63, 3.8) is 0 Å². The van der Waals surface area contributed by atoms with Crippen molar-refractivity contribution in [3.05, 3.63) is 71.8 Å². The van der Waals surface area contributed by atoms with Gasteiger partial charge in [-0.1, -0.05) is 73.5 Å². The van der Waals surface area contributed by atoms with E-state index < -0.39 is 29.6 Å². The third-order valence-corrected chi connectivity index (χ3v) is 5.71. The number of hydrogen-bond donors (Lipinski definition) is 2. The van der Waals surface area contributed by atoms with Gasteiger partial charge in [0.15, 0.2) is 6.04 Å². The average molecular weight is 451 g/mol. The van der Waals surface area contributed by atoms with Crippen molar-refractivity contribution in [1.82, 2.24) is 10.6 Å². The van der Waals surface area contributed by atoms with Crippen LogP contribution in [0.1, 0.15) is 76.1 Å². The molecule has 1 fully saturated rings. The molecule has 2 aromatic rings. The second-order valence-corrected chi connectivity index (χ2v) is 9.65. The first-order valence-corrected chi connectivity index (χ1v) is 11.7. The van der Waals surface area contributed by atoms with Crippen LogP contribution in [0.3, 0.4) is 0 Å². The Bertz CT molecular complexity index is 932. The van der Waals surface area contributed by atoms with Crippen LogP contribution in [0.2, 0.25) is 0 Å². The fourth-order valence-electron chi connectivity index (χ4n) is 4.15. The van der Waals surface area contributed by atoms with Gasteiger partial charge in [0.2, 0.25) is 11.8 Å². The molecule has 1 saturated carbocycles. The quantitative estimate of drug-likeness (QED) is 0.575. The largest absolute Gasteiger partial charge is 0.458 e. The number of hydrogen-bond acceptors (Lipinski definition) is 4. The summed E-state index contributed by atoms with van der Waals surface area (Å²) in [5.74, 6) is -0.797. The summed E-state index contributed by atoms with van der Waals surface area (Å²) in [4.78, 5) is 39.2. The molecule has 0 heterocycles. The molecule has 2 amide bonds. The van der Waals surface area contributed by atoms with E-state index in [4.69, 9.17) is 4.74 Å². The maximum absolute atomic E-state index is 13.4. The van der Waals surface area contributed by atoms with Crippen LogP contribution < -0.4 is 10.6 Å². The van der Waals surface area contributed by atoms with Gasteiger partial charge in [-0.15, -0.1) is 0 Å². The molecule has 6 heteroatoms. The normalized spacial score (nSPS) is 16.0. The number of carbonyl (C=O) groups is 3. The lowest BCUT2D eigenvalue weighted by Crippen LogP contribution is -2.45. The molecule has 2 atom stereocenters. The second kappa shape index (κ2) is 11.1. The Labute approximate surface area is 196 Å². The molecule has 0 spiro atoms. The van der Waals surface area contributed by atoms with Crippen molar-refractivity contribution >= 4 is 17.8 Å². The van der Waals surface area contributed by atoms with Crippen LogP contribution in [0, 0.1) is 5.92 Å². The number of benzene rings is 2. The highest BCUT2D eigenvalue weighted by Crippen LogP contribution is 2.28. The summed E-state index contributed by atoms with van der Waals surface area (Å²) in [6.07, 6.45) is 4.80. The lowest BCUT2D eigenvalue weighted by atomic mass is 10.0. The molecule has 0 bridgehead atoms. The Morgan fingerprint density at radius 1 is 0.848 bits per heavy atom. The minimum Gasteiger partial charge on any atom is -0.458 e. The predicted octanol–water partition coefficient (Wildman–Crippen LogP) is 4.62. The highest BCUT2D eigenvalue weighted by atomic mass is 16.6. The first kappa shape index (κ1) is 24.5. The third kappa shape index (κ3) is 7.45. The molecule has 0 aliphatic heterocycles. The minimum absolute atomic E-state index is 0.153. The Morgan fingerprint density at radius 3 is 1.88 bits per heavy atom. The fourth-order valence-corrected chi connectivity index (χ4v) is 4.15. The van der Waals surface area contributed by atoms with Crippen LogP contribution in [-0.2, 0) is 19.1 Å². The molecule has 6 nitrogen and oxygen atoms in total. The average Bonchev–Trinajstić information content (AvgIpc) is 3.28. The van der Waals surface area contributed by atoms with E-state index in [9.17, 15) is 14.4 Å².